The zero-order valence-corrected chi connectivity index (χ0v) is 13.0. The minimum absolute atomic E-state index is 0.0129. The van der Waals surface area contributed by atoms with E-state index >= 15 is 0 Å². The molecular formula is C18H19N3O. The molecule has 0 radical (unpaired) electrons. The molecule has 0 saturated heterocycles. The van der Waals surface area contributed by atoms with Crippen molar-refractivity contribution in [3.05, 3.63) is 70.8 Å². The molecule has 3 rings (SSSR count). The van der Waals surface area contributed by atoms with Crippen molar-refractivity contribution in [3.8, 4) is 16.9 Å². The van der Waals surface area contributed by atoms with E-state index in [0.29, 0.717) is 0 Å². The molecule has 1 aromatic carbocycles. The van der Waals surface area contributed by atoms with Gasteiger partial charge >= 0.3 is 0 Å². The highest BCUT2D eigenvalue weighted by molar-refractivity contribution is 5.61. The molecule has 112 valence electrons. The summed E-state index contributed by atoms with van der Waals surface area (Å²) in [5.41, 5.74) is 3.98. The molecule has 0 aliphatic rings. The van der Waals surface area contributed by atoms with Crippen LogP contribution in [-0.4, -0.2) is 14.3 Å². The number of para-hydroxylation sites is 1. The SMILES string of the molecule is Cc1cn(-c2ccccc2)nc1-c1ccc(=O)n(C(C)C)c1. The van der Waals surface area contributed by atoms with E-state index in [0.717, 1.165) is 22.5 Å². The van der Waals surface area contributed by atoms with Crippen LogP contribution >= 0.6 is 0 Å². The maximum absolute atomic E-state index is 11.9. The number of aromatic nitrogens is 3. The highest BCUT2D eigenvalue weighted by atomic mass is 16.1. The molecule has 2 heterocycles. The van der Waals surface area contributed by atoms with Crippen LogP contribution in [0.1, 0.15) is 25.5 Å². The average Bonchev–Trinajstić information content (AvgIpc) is 2.90. The van der Waals surface area contributed by atoms with Crippen LogP contribution < -0.4 is 5.56 Å². The van der Waals surface area contributed by atoms with Gasteiger partial charge in [-0.15, -0.1) is 0 Å². The van der Waals surface area contributed by atoms with Gasteiger partial charge < -0.3 is 4.57 Å². The van der Waals surface area contributed by atoms with E-state index in [9.17, 15) is 4.79 Å². The molecule has 2 aromatic heterocycles. The van der Waals surface area contributed by atoms with Gasteiger partial charge in [-0.3, -0.25) is 4.79 Å². The van der Waals surface area contributed by atoms with Gasteiger partial charge in [0.25, 0.3) is 5.56 Å². The van der Waals surface area contributed by atoms with E-state index in [-0.39, 0.29) is 11.6 Å². The Kier molecular flexibility index (Phi) is 3.67. The van der Waals surface area contributed by atoms with Crippen LogP contribution in [0.5, 0.6) is 0 Å². The van der Waals surface area contributed by atoms with Crippen LogP contribution in [0.2, 0.25) is 0 Å². The van der Waals surface area contributed by atoms with Gasteiger partial charge in [-0.05, 0) is 44.5 Å². The zero-order chi connectivity index (χ0) is 15.7. The first-order chi connectivity index (χ1) is 10.6. The monoisotopic (exact) mass is 293 g/mol. The second-order valence-corrected chi connectivity index (χ2v) is 5.70. The molecular weight excluding hydrogens is 274 g/mol. The Morgan fingerprint density at radius 2 is 1.73 bits per heavy atom. The Morgan fingerprint density at radius 1 is 1.00 bits per heavy atom. The number of hydrogen-bond donors (Lipinski definition) is 0. The molecule has 0 atom stereocenters. The molecule has 3 aromatic rings. The largest absolute Gasteiger partial charge is 0.312 e. The van der Waals surface area contributed by atoms with Crippen molar-refractivity contribution in [2.75, 3.05) is 0 Å². The predicted octanol–water partition coefficient (Wildman–Crippen LogP) is 3.59. The van der Waals surface area contributed by atoms with Gasteiger partial charge in [0, 0.05) is 30.1 Å². The summed E-state index contributed by atoms with van der Waals surface area (Å²) in [4.78, 5) is 11.9. The molecule has 0 aliphatic heterocycles. The first-order valence-electron chi connectivity index (χ1n) is 7.40. The molecule has 0 fully saturated rings. The van der Waals surface area contributed by atoms with E-state index in [1.54, 1.807) is 10.6 Å². The van der Waals surface area contributed by atoms with Crippen molar-refractivity contribution in [3.63, 3.8) is 0 Å². The fraction of sp³-hybridized carbons (Fsp3) is 0.222. The third-order valence-corrected chi connectivity index (χ3v) is 3.69. The quantitative estimate of drug-likeness (QED) is 0.740. The van der Waals surface area contributed by atoms with Crippen LogP contribution in [0.4, 0.5) is 0 Å². The van der Waals surface area contributed by atoms with Crippen LogP contribution in [0.15, 0.2) is 59.7 Å². The normalized spacial score (nSPS) is 11.1. The van der Waals surface area contributed by atoms with Gasteiger partial charge in [-0.25, -0.2) is 4.68 Å². The second-order valence-electron chi connectivity index (χ2n) is 5.70. The lowest BCUT2D eigenvalue weighted by molar-refractivity contribution is 0.579. The molecule has 22 heavy (non-hydrogen) atoms. The Hall–Kier alpha value is -2.62. The van der Waals surface area contributed by atoms with Crippen LogP contribution in [-0.2, 0) is 0 Å². The molecule has 4 nitrogen and oxygen atoms in total. The first-order valence-corrected chi connectivity index (χ1v) is 7.40. The molecule has 0 spiro atoms. The molecule has 0 bridgehead atoms. The van der Waals surface area contributed by atoms with E-state index in [4.69, 9.17) is 0 Å². The van der Waals surface area contributed by atoms with Crippen molar-refractivity contribution < 1.29 is 0 Å². The number of hydrogen-bond acceptors (Lipinski definition) is 2. The van der Waals surface area contributed by atoms with Gasteiger partial charge in [-0.1, -0.05) is 18.2 Å². The fourth-order valence-electron chi connectivity index (χ4n) is 2.51. The van der Waals surface area contributed by atoms with Crippen LogP contribution in [0.25, 0.3) is 16.9 Å². The van der Waals surface area contributed by atoms with Gasteiger partial charge in [-0.2, -0.15) is 5.10 Å². The average molecular weight is 293 g/mol. The predicted molar refractivity (Wildman–Crippen MR) is 88.4 cm³/mol. The Balaban J connectivity index is 2.08. The minimum atomic E-state index is 0.0129. The summed E-state index contributed by atoms with van der Waals surface area (Å²) in [6.07, 6.45) is 3.90. The first kappa shape index (κ1) is 14.3. The van der Waals surface area contributed by atoms with Crippen LogP contribution in [0, 0.1) is 6.92 Å². The van der Waals surface area contributed by atoms with Crippen molar-refractivity contribution in [1.82, 2.24) is 14.3 Å². The third kappa shape index (κ3) is 2.60. The molecule has 0 saturated carbocycles. The highest BCUT2D eigenvalue weighted by Gasteiger charge is 2.11. The van der Waals surface area contributed by atoms with Crippen molar-refractivity contribution in [2.45, 2.75) is 26.8 Å². The fourth-order valence-corrected chi connectivity index (χ4v) is 2.51. The highest BCUT2D eigenvalue weighted by Crippen LogP contribution is 2.22. The van der Waals surface area contributed by atoms with E-state index in [1.165, 1.54) is 0 Å². The molecule has 0 amide bonds. The van der Waals surface area contributed by atoms with Crippen molar-refractivity contribution in [2.24, 2.45) is 0 Å². The van der Waals surface area contributed by atoms with Gasteiger partial charge in [0.1, 0.15) is 0 Å². The molecule has 0 aliphatic carbocycles. The van der Waals surface area contributed by atoms with Gasteiger partial charge in [0.15, 0.2) is 0 Å². The summed E-state index contributed by atoms with van der Waals surface area (Å²) < 4.78 is 3.60. The van der Waals surface area contributed by atoms with Crippen LogP contribution in [0.3, 0.4) is 0 Å². The Labute approximate surface area is 129 Å². The lowest BCUT2D eigenvalue weighted by Gasteiger charge is -2.10. The maximum Gasteiger partial charge on any atom is 0.250 e. The molecule has 0 unspecified atom stereocenters. The summed E-state index contributed by atoms with van der Waals surface area (Å²) in [5.74, 6) is 0. The number of aryl methyl sites for hydroxylation is 1. The number of nitrogens with zero attached hydrogens (tertiary/aromatic N) is 3. The maximum atomic E-state index is 11.9. The van der Waals surface area contributed by atoms with Crippen molar-refractivity contribution >= 4 is 0 Å². The summed E-state index contributed by atoms with van der Waals surface area (Å²) in [6, 6.07) is 13.6. The van der Waals surface area contributed by atoms with E-state index < -0.39 is 0 Å². The number of benzene rings is 1. The van der Waals surface area contributed by atoms with Gasteiger partial charge in [0.05, 0.1) is 11.4 Å². The summed E-state index contributed by atoms with van der Waals surface area (Å²) in [7, 11) is 0. The molecule has 0 N–H and O–H groups in total. The summed E-state index contributed by atoms with van der Waals surface area (Å²) in [6.45, 7) is 6.04. The lowest BCUT2D eigenvalue weighted by Crippen LogP contribution is -2.20. The smallest absolute Gasteiger partial charge is 0.250 e. The second kappa shape index (κ2) is 5.64. The minimum Gasteiger partial charge on any atom is -0.312 e. The summed E-state index contributed by atoms with van der Waals surface area (Å²) >= 11 is 0. The van der Waals surface area contributed by atoms with Crippen molar-refractivity contribution in [1.29, 1.82) is 0 Å². The Morgan fingerprint density at radius 3 is 2.41 bits per heavy atom. The standard InChI is InChI=1S/C18H19N3O/c1-13(2)20-12-15(9-10-17(20)22)18-14(3)11-21(19-18)16-7-5-4-6-8-16/h4-13H,1-3H3. The Bertz CT molecular complexity index is 844. The van der Waals surface area contributed by atoms with E-state index in [1.807, 2.05) is 74.2 Å². The zero-order valence-electron chi connectivity index (χ0n) is 13.0. The summed E-state index contributed by atoms with van der Waals surface area (Å²) in [5, 5.41) is 4.68. The lowest BCUT2D eigenvalue weighted by atomic mass is 10.1. The number of pyridine rings is 1. The topological polar surface area (TPSA) is 39.8 Å². The third-order valence-electron chi connectivity index (χ3n) is 3.69. The van der Waals surface area contributed by atoms with Gasteiger partial charge in [0.2, 0.25) is 0 Å². The number of rotatable bonds is 3. The molecule has 4 heteroatoms. The van der Waals surface area contributed by atoms with E-state index in [2.05, 4.69) is 5.10 Å².